The van der Waals surface area contributed by atoms with Gasteiger partial charge in [-0.3, -0.25) is 0 Å². The number of hydrogen-bond acceptors (Lipinski definition) is 1. The van der Waals surface area contributed by atoms with Crippen molar-refractivity contribution in [3.05, 3.63) is 0 Å². The van der Waals surface area contributed by atoms with Crippen LogP contribution in [0, 0.1) is 0 Å². The van der Waals surface area contributed by atoms with Crippen LogP contribution >= 0.6 is 27.3 Å². The summed E-state index contributed by atoms with van der Waals surface area (Å²) in [6, 6.07) is 0. The summed E-state index contributed by atoms with van der Waals surface area (Å²) >= 11 is 1.89. The molecule has 0 heterocycles. The van der Waals surface area contributed by atoms with E-state index in [1.807, 2.05) is 0 Å². The van der Waals surface area contributed by atoms with Gasteiger partial charge < -0.3 is 0 Å². The van der Waals surface area contributed by atoms with Gasteiger partial charge in [-0.25, -0.2) is 0 Å². The summed E-state index contributed by atoms with van der Waals surface area (Å²) in [7, 11) is 0. The van der Waals surface area contributed by atoms with E-state index in [1.165, 1.54) is 0 Å². The minimum Gasteiger partial charge on any atom is 1.00 e. The van der Waals surface area contributed by atoms with Crippen molar-refractivity contribution in [2.45, 2.75) is 0 Å². The molecule has 0 nitrogen and oxygen atoms in total. The Morgan fingerprint density at radius 2 is 2.50 bits per heavy atom. The predicted octanol–water partition coefficient (Wildman–Crippen LogP) is -4.73. The smallest absolute Gasteiger partial charge is 1.00 e. The fourth-order valence-corrected chi connectivity index (χ4v) is 0. The van der Waals surface area contributed by atoms with E-state index in [-0.39, 0.29) is 72.4 Å². The molecule has 0 aliphatic heterocycles. The van der Waals surface area contributed by atoms with Crippen LogP contribution < -0.4 is 72.4 Å². The first-order valence-electron chi connectivity index (χ1n) is 0.687. The van der Waals surface area contributed by atoms with Crippen LogP contribution in [0.2, 0.25) is 0 Å². The summed E-state index contributed by atoms with van der Waals surface area (Å²) in [5.41, 5.74) is 0. The third-order valence-electron chi connectivity index (χ3n) is 0. The predicted molar refractivity (Wildman–Crippen MR) is 23.0 cm³/mol. The summed E-state index contributed by atoms with van der Waals surface area (Å²) in [5, 5.41) is 0. The Morgan fingerprint density at radius 1 is 2.25 bits per heavy atom. The van der Waals surface area contributed by atoms with Gasteiger partial charge in [-0.05, 0) is 0 Å². The Labute approximate surface area is 97.3 Å². The summed E-state index contributed by atoms with van der Waals surface area (Å²) in [6.07, 6.45) is 1.60. The molecule has 0 radical (unpaired) electrons. The topological polar surface area (TPSA) is 0 Å². The third kappa shape index (κ3) is 9.07. The molecule has 0 aromatic carbocycles. The fourth-order valence-electron chi connectivity index (χ4n) is 0. The van der Waals surface area contributed by atoms with Crippen LogP contribution in [0.4, 0.5) is 0 Å². The first kappa shape index (κ1) is 7.45. The van der Waals surface area contributed by atoms with Crippen molar-refractivity contribution in [1.29, 1.82) is 0.594 Å². The van der Waals surface area contributed by atoms with Crippen molar-refractivity contribution in [1.82, 2.24) is 0 Å². The maximum absolute atomic E-state index is 6.52. The van der Waals surface area contributed by atoms with E-state index in [9.17, 15) is 0 Å². The van der Waals surface area contributed by atoms with Gasteiger partial charge in [-0.15, -0.1) is 0 Å². The van der Waals surface area contributed by atoms with Crippen LogP contribution in [-0.4, -0.2) is 0.594 Å². The number of halogens is 2. The van der Waals surface area contributed by atoms with Crippen molar-refractivity contribution in [3.63, 3.8) is 0 Å². The van der Waals surface area contributed by atoms with Crippen LogP contribution in [0.5, 0.6) is 0 Å². The molecule has 0 aliphatic rings. The van der Waals surface area contributed by atoms with Gasteiger partial charge in [0.1, 0.15) is 0 Å². The maximum Gasteiger partial charge on any atom is 1.00 e. The molecule has 22 valence electrons. The van der Waals surface area contributed by atoms with E-state index in [2.05, 4.69) is 21.2 Å². The van der Waals surface area contributed by atoms with Crippen LogP contribution in [0.15, 0.2) is 0 Å². The minimum absolute atomic E-state index is 0. The Bertz CT molecular complexity index is 11.6. The van der Waals surface area contributed by atoms with E-state index >= 15 is 0 Å². The fraction of sp³-hybridized carbons (Fsp3) is 0. The van der Waals surface area contributed by atoms with Gasteiger partial charge in [0, 0.05) is 0 Å². The normalized spacial score (nSPS) is 8.75. The average molecular weight is 327 g/mol. The molecule has 0 atom stereocenters. The van der Waals surface area contributed by atoms with E-state index in [1.54, 1.807) is 6.10 Å². The molecule has 0 bridgehead atoms. The zero-order chi connectivity index (χ0) is 3.41. The Balaban J connectivity index is 0. The molecule has 4 heteroatoms. The van der Waals surface area contributed by atoms with Gasteiger partial charge in [-0.2, -0.15) is 0 Å². The van der Waals surface area contributed by atoms with Crippen LogP contribution in [0.3, 0.4) is 0 Å². The quantitative estimate of drug-likeness (QED) is 0.345. The van der Waals surface area contributed by atoms with Crippen molar-refractivity contribution in [3.8, 4) is 0 Å². The van der Waals surface area contributed by atoms with E-state index in [4.69, 9.17) is 0.594 Å². The minimum atomic E-state index is -0.236. The summed E-state index contributed by atoms with van der Waals surface area (Å²) in [6.45, 7) is 0. The second-order valence-electron chi connectivity index (χ2n) is 0.0583. The molecule has 0 unspecified atom stereocenters. The summed E-state index contributed by atoms with van der Waals surface area (Å²) < 4.78 is 6.52. The van der Waals surface area contributed by atoms with Gasteiger partial charge in [0.25, 0.3) is 0 Å². The molecule has 0 aromatic rings. The van der Waals surface area contributed by atoms with E-state index < -0.39 is 0 Å². The van der Waals surface area contributed by atoms with Gasteiger partial charge in [0.05, 0.1) is 0 Å². The van der Waals surface area contributed by atoms with Gasteiger partial charge >= 0.3 is 100 Å². The van der Waals surface area contributed by atoms with Gasteiger partial charge in [0.15, 0.2) is 0 Å². The monoisotopic (exact) mass is 327 g/mol. The summed E-state index contributed by atoms with van der Waals surface area (Å²) in [5.74, 6) is 0. The molecular weight excluding hydrogens is 325 g/mol. The Hall–Kier alpha value is 3.45. The number of rotatable bonds is 1. The first-order chi connectivity index (χ1) is 1.91. The molecular formula is HI2KS. The molecule has 0 spiro atoms. The second kappa shape index (κ2) is 9.67. The van der Waals surface area contributed by atoms with Crippen LogP contribution in [-0.2, 0) is 0 Å². The van der Waals surface area contributed by atoms with Crippen molar-refractivity contribution in [2.24, 2.45) is 0 Å². The average Bonchev–Trinajstić information content (AvgIpc) is 1.37. The first-order valence-corrected chi connectivity index (χ1v) is 6.21. The Morgan fingerprint density at radius 3 is 2.50 bits per heavy atom. The standard InChI is InChI=1S/HI2S.K/c1-3-2;/h1H;/q-1;+1/i1D;. The van der Waals surface area contributed by atoms with E-state index in [0.717, 1.165) is 0 Å². The maximum atomic E-state index is 6.52. The molecule has 0 aliphatic carbocycles. The molecule has 0 fully saturated rings. The molecule has 0 aromatic heterocycles. The second-order valence-corrected chi connectivity index (χ2v) is 7.87. The van der Waals surface area contributed by atoms with E-state index in [0.29, 0.717) is 0 Å². The molecule has 0 rings (SSSR count). The molecule has 4 heavy (non-hydrogen) atoms. The Kier molecular flexibility index (Phi) is 18.0. The molecule has 0 N–H and O–H groups in total. The zero-order valence-electron chi connectivity index (χ0n) is 3.16. The molecule has 0 amide bonds. The summed E-state index contributed by atoms with van der Waals surface area (Å²) in [4.78, 5) is 0. The van der Waals surface area contributed by atoms with Gasteiger partial charge in [0.2, 0.25) is 0 Å². The van der Waals surface area contributed by atoms with Crippen molar-refractivity contribution in [2.75, 3.05) is 0 Å². The van der Waals surface area contributed by atoms with Crippen molar-refractivity contribution < 1.29 is 72.4 Å². The van der Waals surface area contributed by atoms with Crippen molar-refractivity contribution >= 4 is 27.3 Å². The van der Waals surface area contributed by atoms with Gasteiger partial charge in [-0.1, -0.05) is 0 Å². The largest absolute Gasteiger partial charge is 1.00 e. The third-order valence-corrected chi connectivity index (χ3v) is 0. The number of hydrogen-bond donors (Lipinski definition) is 0. The molecule has 0 saturated carbocycles. The van der Waals surface area contributed by atoms with Crippen LogP contribution in [0.25, 0.3) is 0 Å². The SMILES string of the molecule is [2H][I-]SI.[K+]. The zero-order valence-corrected chi connectivity index (χ0v) is 10.4. The molecule has 0 saturated heterocycles. The van der Waals surface area contributed by atoms with Crippen LogP contribution in [0.1, 0.15) is 0 Å².